The fourth-order valence-electron chi connectivity index (χ4n) is 4.47. The summed E-state index contributed by atoms with van der Waals surface area (Å²) in [6.07, 6.45) is 0.452. The largest absolute Gasteiger partial charge is 0.465 e. The quantitative estimate of drug-likeness (QED) is 0.434. The zero-order chi connectivity index (χ0) is 22.2. The van der Waals surface area contributed by atoms with Crippen LogP contribution in [0.5, 0.6) is 0 Å². The number of hydrogen-bond acceptors (Lipinski definition) is 4. The van der Waals surface area contributed by atoms with Crippen molar-refractivity contribution in [1.82, 2.24) is 10.3 Å². The van der Waals surface area contributed by atoms with E-state index in [-0.39, 0.29) is 6.04 Å². The van der Waals surface area contributed by atoms with E-state index in [9.17, 15) is 9.59 Å². The van der Waals surface area contributed by atoms with E-state index in [4.69, 9.17) is 10.5 Å². The van der Waals surface area contributed by atoms with Crippen molar-refractivity contribution >= 4 is 22.8 Å². The highest BCUT2D eigenvalue weighted by Crippen LogP contribution is 2.36. The van der Waals surface area contributed by atoms with E-state index in [2.05, 4.69) is 46.7 Å². The van der Waals surface area contributed by atoms with Gasteiger partial charge in [-0.05, 0) is 46.9 Å². The summed E-state index contributed by atoms with van der Waals surface area (Å²) in [5.41, 5.74) is 12.3. The van der Waals surface area contributed by atoms with Crippen LogP contribution >= 0.6 is 0 Å². The van der Waals surface area contributed by atoms with Gasteiger partial charge in [0.15, 0.2) is 0 Å². The summed E-state index contributed by atoms with van der Waals surface area (Å²) in [5, 5.41) is 4.30. The molecule has 6 heteroatoms. The Balaban J connectivity index is 1.59. The molecular formula is C26H23N3O3. The summed E-state index contributed by atoms with van der Waals surface area (Å²) in [6, 6.07) is 23.2. The third-order valence-corrected chi connectivity index (χ3v) is 6.12. The van der Waals surface area contributed by atoms with Gasteiger partial charge in [-0.1, -0.05) is 54.6 Å². The molecular weight excluding hydrogens is 402 g/mol. The molecule has 0 saturated heterocycles. The molecule has 1 amide bonds. The van der Waals surface area contributed by atoms with Crippen molar-refractivity contribution < 1.29 is 14.3 Å². The van der Waals surface area contributed by atoms with Crippen LogP contribution in [0.4, 0.5) is 0 Å². The Morgan fingerprint density at radius 3 is 2.38 bits per heavy atom. The van der Waals surface area contributed by atoms with Gasteiger partial charge < -0.3 is 15.5 Å². The zero-order valence-corrected chi connectivity index (χ0v) is 17.6. The molecule has 2 unspecified atom stereocenters. The molecule has 1 aliphatic rings. The number of methoxy groups -OCH3 is 1. The molecule has 5 rings (SSSR count). The van der Waals surface area contributed by atoms with Crippen LogP contribution in [0.15, 0.2) is 72.8 Å². The van der Waals surface area contributed by atoms with Gasteiger partial charge in [-0.3, -0.25) is 10.1 Å². The van der Waals surface area contributed by atoms with Gasteiger partial charge in [0.25, 0.3) is 0 Å². The topological polar surface area (TPSA) is 97.2 Å². The molecule has 2 atom stereocenters. The molecule has 0 radical (unpaired) electrons. The second kappa shape index (κ2) is 7.98. The summed E-state index contributed by atoms with van der Waals surface area (Å²) in [6.45, 7) is 0. The third-order valence-electron chi connectivity index (χ3n) is 6.12. The lowest BCUT2D eigenvalue weighted by Crippen LogP contribution is -2.48. The van der Waals surface area contributed by atoms with Crippen molar-refractivity contribution in [3.05, 3.63) is 95.2 Å². The predicted octanol–water partition coefficient (Wildman–Crippen LogP) is 3.71. The summed E-state index contributed by atoms with van der Waals surface area (Å²) in [5.74, 6) is -0.796. The Morgan fingerprint density at radius 2 is 1.69 bits per heavy atom. The number of benzene rings is 3. The molecule has 1 aromatic heterocycles. The van der Waals surface area contributed by atoms with Crippen molar-refractivity contribution in [2.24, 2.45) is 5.73 Å². The van der Waals surface area contributed by atoms with Crippen LogP contribution in [0.1, 0.15) is 33.2 Å². The number of esters is 1. The molecule has 0 saturated carbocycles. The van der Waals surface area contributed by atoms with Gasteiger partial charge in [0.2, 0.25) is 5.91 Å². The smallest absolute Gasteiger partial charge is 0.337 e. The lowest BCUT2D eigenvalue weighted by atomic mass is 9.89. The van der Waals surface area contributed by atoms with Gasteiger partial charge in [0.05, 0.1) is 24.8 Å². The average Bonchev–Trinajstić information content (AvgIpc) is 3.21. The Hall–Kier alpha value is -3.90. The van der Waals surface area contributed by atoms with E-state index in [0.29, 0.717) is 12.0 Å². The second-order valence-electron chi connectivity index (χ2n) is 8.02. The first-order valence-electron chi connectivity index (χ1n) is 10.5. The first kappa shape index (κ1) is 20.0. The van der Waals surface area contributed by atoms with Crippen LogP contribution in [-0.2, 0) is 16.0 Å². The van der Waals surface area contributed by atoms with Crippen molar-refractivity contribution in [3.8, 4) is 11.1 Å². The molecule has 2 heterocycles. The highest BCUT2D eigenvalue weighted by atomic mass is 16.5. The van der Waals surface area contributed by atoms with E-state index in [1.807, 2.05) is 30.3 Å². The SMILES string of the molecule is COC(=O)c1ccc2[nH]c3c(c2c1)CC(C(N)=O)NC3c1ccc(-c2ccccc2)cc1. The van der Waals surface area contributed by atoms with Gasteiger partial charge in [-0.25, -0.2) is 4.79 Å². The van der Waals surface area contributed by atoms with Crippen molar-refractivity contribution in [2.45, 2.75) is 18.5 Å². The third kappa shape index (κ3) is 3.44. The number of nitrogens with one attached hydrogen (secondary N) is 2. The molecule has 4 N–H and O–H groups in total. The van der Waals surface area contributed by atoms with Gasteiger partial charge in [0.1, 0.15) is 0 Å². The van der Waals surface area contributed by atoms with Crippen molar-refractivity contribution in [3.63, 3.8) is 0 Å². The number of fused-ring (bicyclic) bond motifs is 3. The van der Waals surface area contributed by atoms with E-state index in [1.165, 1.54) is 7.11 Å². The summed E-state index contributed by atoms with van der Waals surface area (Å²) in [7, 11) is 1.36. The van der Waals surface area contributed by atoms with Crippen LogP contribution < -0.4 is 11.1 Å². The number of primary amides is 1. The number of H-pyrrole nitrogens is 1. The maximum Gasteiger partial charge on any atom is 0.337 e. The molecule has 4 aromatic rings. The first-order chi connectivity index (χ1) is 15.5. The minimum absolute atomic E-state index is 0.227. The molecule has 32 heavy (non-hydrogen) atoms. The van der Waals surface area contributed by atoms with E-state index < -0.39 is 17.9 Å². The molecule has 1 aliphatic heterocycles. The lowest BCUT2D eigenvalue weighted by Gasteiger charge is -2.30. The molecule has 160 valence electrons. The van der Waals surface area contributed by atoms with E-state index in [0.717, 1.165) is 38.9 Å². The predicted molar refractivity (Wildman–Crippen MR) is 123 cm³/mol. The number of carbonyl (C=O) groups excluding carboxylic acids is 2. The Bertz CT molecular complexity index is 1310. The molecule has 0 aliphatic carbocycles. The lowest BCUT2D eigenvalue weighted by molar-refractivity contribution is -0.120. The van der Waals surface area contributed by atoms with Crippen LogP contribution in [0, 0.1) is 0 Å². The maximum atomic E-state index is 12.1. The maximum absolute atomic E-state index is 12.1. The Kier molecular flexibility index (Phi) is 4.99. The summed E-state index contributed by atoms with van der Waals surface area (Å²) in [4.78, 5) is 27.7. The van der Waals surface area contributed by atoms with Gasteiger partial charge >= 0.3 is 5.97 Å². The first-order valence-corrected chi connectivity index (χ1v) is 10.5. The molecule has 0 bridgehead atoms. The number of ether oxygens (including phenoxy) is 1. The average molecular weight is 425 g/mol. The van der Waals surface area contributed by atoms with Gasteiger partial charge in [-0.15, -0.1) is 0 Å². The fourth-order valence-corrected chi connectivity index (χ4v) is 4.47. The molecule has 3 aromatic carbocycles. The van der Waals surface area contributed by atoms with Gasteiger partial charge in [-0.2, -0.15) is 0 Å². The Morgan fingerprint density at radius 1 is 0.969 bits per heavy atom. The number of aromatic amines is 1. The van der Waals surface area contributed by atoms with Crippen LogP contribution in [0.3, 0.4) is 0 Å². The molecule has 6 nitrogen and oxygen atoms in total. The highest BCUT2D eigenvalue weighted by Gasteiger charge is 2.33. The number of aromatic nitrogens is 1. The van der Waals surface area contributed by atoms with Crippen LogP contribution in [0.2, 0.25) is 0 Å². The standard InChI is InChI=1S/C26H23N3O3/c1-32-26(31)18-11-12-21-19(13-18)20-14-22(25(27)30)29-23(24(20)28-21)17-9-7-16(8-10-17)15-5-3-2-4-6-15/h2-13,22-23,28-29H,14H2,1H3,(H2,27,30). The number of nitrogens with two attached hydrogens (primary N) is 1. The minimum atomic E-state index is -0.512. The van der Waals surface area contributed by atoms with Crippen molar-refractivity contribution in [1.29, 1.82) is 0 Å². The normalized spacial score (nSPS) is 17.7. The fraction of sp³-hybridized carbons (Fsp3) is 0.154. The minimum Gasteiger partial charge on any atom is -0.465 e. The second-order valence-corrected chi connectivity index (χ2v) is 8.02. The highest BCUT2D eigenvalue weighted by molar-refractivity contribution is 5.96. The van der Waals surface area contributed by atoms with E-state index >= 15 is 0 Å². The van der Waals surface area contributed by atoms with Crippen LogP contribution in [0.25, 0.3) is 22.0 Å². The number of hydrogen-bond donors (Lipinski definition) is 3. The van der Waals surface area contributed by atoms with Crippen LogP contribution in [-0.4, -0.2) is 30.0 Å². The van der Waals surface area contributed by atoms with E-state index in [1.54, 1.807) is 6.07 Å². The monoisotopic (exact) mass is 425 g/mol. The number of rotatable bonds is 4. The summed E-state index contributed by atoms with van der Waals surface area (Å²) < 4.78 is 4.87. The number of amides is 1. The molecule has 0 spiro atoms. The summed E-state index contributed by atoms with van der Waals surface area (Å²) >= 11 is 0. The van der Waals surface area contributed by atoms with Gasteiger partial charge in [0, 0.05) is 16.6 Å². The zero-order valence-electron chi connectivity index (χ0n) is 17.6. The van der Waals surface area contributed by atoms with Crippen molar-refractivity contribution in [2.75, 3.05) is 7.11 Å². The molecule has 0 fully saturated rings. The Labute approximate surface area is 185 Å². The number of carbonyl (C=O) groups is 2.